The number of ketones is 1. The Balaban J connectivity index is 1.52. The Hall–Kier alpha value is -4.21. The lowest BCUT2D eigenvalue weighted by Crippen LogP contribution is -2.59. The molecule has 2 aromatic rings. The molecule has 14 heteroatoms. The molecule has 14 nitrogen and oxygen atoms in total. The Morgan fingerprint density at radius 1 is 0.732 bits per heavy atom. The van der Waals surface area contributed by atoms with E-state index in [0.717, 1.165) is 11.1 Å². The Kier molecular flexibility index (Phi) is 17.9. The summed E-state index contributed by atoms with van der Waals surface area (Å²) in [4.78, 5) is 71.4. The van der Waals surface area contributed by atoms with Crippen LogP contribution in [0.25, 0.3) is 0 Å². The third-order valence-electron chi connectivity index (χ3n) is 9.76. The second kappa shape index (κ2) is 22.5. The maximum absolute atomic E-state index is 14.2. The molecular weight excluding hydrogens is 718 g/mol. The number of ether oxygens (including phenoxy) is 4. The predicted octanol–water partition coefficient (Wildman–Crippen LogP) is 2.18. The average molecular weight is 780 g/mol. The Morgan fingerprint density at radius 2 is 1.27 bits per heavy atom. The van der Waals surface area contributed by atoms with Gasteiger partial charge in [-0.2, -0.15) is 0 Å². The number of benzene rings is 2. The van der Waals surface area contributed by atoms with Crippen LogP contribution in [0, 0.1) is 11.8 Å². The van der Waals surface area contributed by atoms with Crippen molar-refractivity contribution in [2.24, 2.45) is 11.8 Å². The van der Waals surface area contributed by atoms with Gasteiger partial charge in [-0.05, 0) is 48.6 Å². The van der Waals surface area contributed by atoms with E-state index in [1.165, 1.54) is 7.11 Å². The zero-order chi connectivity index (χ0) is 40.5. The van der Waals surface area contributed by atoms with E-state index in [1.807, 2.05) is 93.3 Å². The number of Topliss-reactive ketones (excluding diaryl/α,β-unsaturated/α-hetero) is 1. The maximum atomic E-state index is 14.2. The number of carbonyl (C=O) groups is 5. The largest absolute Gasteiger partial charge is 0.379 e. The van der Waals surface area contributed by atoms with Gasteiger partial charge < -0.3 is 40.2 Å². The summed E-state index contributed by atoms with van der Waals surface area (Å²) in [6, 6.07) is 15.0. The van der Waals surface area contributed by atoms with Gasteiger partial charge in [0.15, 0.2) is 11.4 Å². The molecule has 5 atom stereocenters. The third-order valence-corrected chi connectivity index (χ3v) is 9.76. The topological polar surface area (TPSA) is 177 Å². The van der Waals surface area contributed by atoms with Gasteiger partial charge in [-0.1, -0.05) is 88.4 Å². The molecule has 0 aromatic heterocycles. The highest BCUT2D eigenvalue weighted by Gasteiger charge is 2.55. The first-order valence-electron chi connectivity index (χ1n) is 19.7. The van der Waals surface area contributed by atoms with E-state index in [9.17, 15) is 24.0 Å². The van der Waals surface area contributed by atoms with E-state index < -0.39 is 47.5 Å². The molecule has 2 aliphatic rings. The molecule has 2 aliphatic heterocycles. The van der Waals surface area contributed by atoms with Crippen molar-refractivity contribution in [1.29, 1.82) is 0 Å². The zero-order valence-corrected chi connectivity index (χ0v) is 33.6. The van der Waals surface area contributed by atoms with Crippen molar-refractivity contribution in [2.75, 3.05) is 60.0 Å². The minimum Gasteiger partial charge on any atom is -0.379 e. The van der Waals surface area contributed by atoms with Crippen molar-refractivity contribution in [3.63, 3.8) is 0 Å². The molecule has 2 heterocycles. The minimum atomic E-state index is -1.18. The molecule has 0 radical (unpaired) electrons. The lowest BCUT2D eigenvalue weighted by molar-refractivity contribution is -0.136. The summed E-state index contributed by atoms with van der Waals surface area (Å²) in [5.74, 6) is -2.13. The van der Waals surface area contributed by atoms with Gasteiger partial charge in [-0.3, -0.25) is 28.9 Å². The van der Waals surface area contributed by atoms with Crippen molar-refractivity contribution in [3.05, 3.63) is 71.8 Å². The van der Waals surface area contributed by atoms with Crippen molar-refractivity contribution >= 4 is 29.4 Å². The smallest absolute Gasteiger partial charge is 0.243 e. The summed E-state index contributed by atoms with van der Waals surface area (Å²) >= 11 is 0. The standard InChI is InChI=1S/C42H61N5O9/c1-29(2)22-34(38(49)42(27-56-42)26-55-28-53-5)44-41(52)36(24-32-14-10-7-11-15-32)46-40(51)35(23-30(3)4)45-39(50)33(17-16-31-12-8-6-9-13-31)43-37(48)25-47-18-20-54-21-19-47/h6-15,29-30,33-36H,16-28H2,1-5H3,(H,43,48)(H,44,52)(H,45,50)(H,46,51)/t33-,34-,35-,36-,42+/m0/s1. The van der Waals surface area contributed by atoms with Crippen LogP contribution < -0.4 is 21.3 Å². The van der Waals surface area contributed by atoms with Crippen molar-refractivity contribution in [2.45, 2.75) is 89.6 Å². The fraction of sp³-hybridized carbons (Fsp3) is 0.595. The minimum absolute atomic E-state index is 0.00534. The van der Waals surface area contributed by atoms with Gasteiger partial charge >= 0.3 is 0 Å². The second-order valence-electron chi connectivity index (χ2n) is 15.6. The Morgan fingerprint density at radius 3 is 1.86 bits per heavy atom. The molecule has 0 spiro atoms. The van der Waals surface area contributed by atoms with E-state index in [2.05, 4.69) is 21.3 Å². The lowest BCUT2D eigenvalue weighted by Gasteiger charge is -2.29. The van der Waals surface area contributed by atoms with Gasteiger partial charge in [-0.15, -0.1) is 0 Å². The van der Waals surface area contributed by atoms with Gasteiger partial charge in [0.05, 0.1) is 39.0 Å². The highest BCUT2D eigenvalue weighted by molar-refractivity contribution is 5.99. The molecule has 0 aliphatic carbocycles. The van der Waals surface area contributed by atoms with E-state index >= 15 is 0 Å². The Bertz CT molecular complexity index is 1550. The number of hydrogen-bond acceptors (Lipinski definition) is 10. The summed E-state index contributed by atoms with van der Waals surface area (Å²) in [6.07, 6.45) is 1.60. The van der Waals surface area contributed by atoms with E-state index in [4.69, 9.17) is 18.9 Å². The zero-order valence-electron chi connectivity index (χ0n) is 33.6. The van der Waals surface area contributed by atoms with Crippen molar-refractivity contribution in [1.82, 2.24) is 26.2 Å². The molecule has 0 saturated carbocycles. The maximum Gasteiger partial charge on any atom is 0.243 e. The van der Waals surface area contributed by atoms with Crippen LogP contribution in [-0.4, -0.2) is 124 Å². The van der Waals surface area contributed by atoms with Crippen LogP contribution in [-0.2, 0) is 55.8 Å². The monoisotopic (exact) mass is 779 g/mol. The highest BCUT2D eigenvalue weighted by atomic mass is 16.7. The normalized spacial score (nSPS) is 19.1. The first kappa shape index (κ1) is 44.5. The fourth-order valence-electron chi connectivity index (χ4n) is 6.70. The molecular formula is C42H61N5O9. The first-order chi connectivity index (χ1) is 26.9. The van der Waals surface area contributed by atoms with E-state index in [0.29, 0.717) is 45.6 Å². The van der Waals surface area contributed by atoms with Gasteiger partial charge in [0.2, 0.25) is 23.6 Å². The molecule has 2 aromatic carbocycles. The molecule has 56 heavy (non-hydrogen) atoms. The van der Waals surface area contributed by atoms with E-state index in [1.54, 1.807) is 0 Å². The quantitative estimate of drug-likeness (QED) is 0.0702. The first-order valence-corrected chi connectivity index (χ1v) is 19.7. The van der Waals surface area contributed by atoms with Crippen LogP contribution in [0.3, 0.4) is 0 Å². The summed E-state index contributed by atoms with van der Waals surface area (Å²) in [5, 5.41) is 11.7. The molecule has 2 fully saturated rings. The van der Waals surface area contributed by atoms with Gasteiger partial charge in [0.25, 0.3) is 0 Å². The van der Waals surface area contributed by atoms with Crippen LogP contribution in [0.5, 0.6) is 0 Å². The highest BCUT2D eigenvalue weighted by Crippen LogP contribution is 2.31. The molecule has 4 amide bonds. The number of nitrogens with zero attached hydrogens (tertiary/aromatic N) is 1. The SMILES string of the molecule is COCOC[C@]1(C(=O)[C@H](CC(C)C)NC(=O)[C@H](Cc2ccccc2)NC(=O)[C@H](CC(C)C)NC(=O)[C@H](CCc2ccccc2)NC(=O)CN2CCOCC2)CO1. The number of amides is 4. The summed E-state index contributed by atoms with van der Waals surface area (Å²) < 4.78 is 21.4. The molecule has 308 valence electrons. The molecule has 2 saturated heterocycles. The van der Waals surface area contributed by atoms with Crippen molar-refractivity contribution in [3.8, 4) is 0 Å². The number of hydrogen-bond donors (Lipinski definition) is 4. The summed E-state index contributed by atoms with van der Waals surface area (Å²) in [5.41, 5.74) is 0.628. The molecule has 4 N–H and O–H groups in total. The summed E-state index contributed by atoms with van der Waals surface area (Å²) in [6.45, 7) is 10.4. The van der Waals surface area contributed by atoms with Gasteiger partial charge in [0, 0.05) is 26.6 Å². The predicted molar refractivity (Wildman–Crippen MR) is 210 cm³/mol. The molecule has 0 unspecified atom stereocenters. The number of rotatable bonds is 24. The number of morpholine rings is 1. The Labute approximate surface area is 331 Å². The van der Waals surface area contributed by atoms with Crippen molar-refractivity contribution < 1.29 is 42.9 Å². The summed E-state index contributed by atoms with van der Waals surface area (Å²) in [7, 11) is 1.48. The van der Waals surface area contributed by atoms with Crippen LogP contribution in [0.15, 0.2) is 60.7 Å². The number of epoxide rings is 1. The fourth-order valence-corrected chi connectivity index (χ4v) is 6.70. The van der Waals surface area contributed by atoms with Gasteiger partial charge in [0.1, 0.15) is 24.9 Å². The molecule has 4 rings (SSSR count). The van der Waals surface area contributed by atoms with Gasteiger partial charge in [-0.25, -0.2) is 0 Å². The average Bonchev–Trinajstić information content (AvgIpc) is 3.97. The number of aryl methyl sites for hydroxylation is 1. The number of nitrogens with one attached hydrogen (secondary N) is 4. The third kappa shape index (κ3) is 14.7. The number of methoxy groups -OCH3 is 1. The van der Waals surface area contributed by atoms with Crippen LogP contribution in [0.4, 0.5) is 0 Å². The molecule has 0 bridgehead atoms. The second-order valence-corrected chi connectivity index (χ2v) is 15.6. The number of carbonyl (C=O) groups excluding carboxylic acids is 5. The van der Waals surface area contributed by atoms with Crippen LogP contribution in [0.1, 0.15) is 58.1 Å². The lowest BCUT2D eigenvalue weighted by atomic mass is 9.92. The van der Waals surface area contributed by atoms with E-state index in [-0.39, 0.29) is 62.9 Å². The van der Waals surface area contributed by atoms with Crippen LogP contribution in [0.2, 0.25) is 0 Å². The van der Waals surface area contributed by atoms with Crippen LogP contribution >= 0.6 is 0 Å².